The lowest BCUT2D eigenvalue weighted by atomic mass is 10.4. The van der Waals surface area contributed by atoms with Crippen molar-refractivity contribution in [3.8, 4) is 5.88 Å². The van der Waals surface area contributed by atoms with E-state index in [2.05, 4.69) is 9.97 Å². The van der Waals surface area contributed by atoms with E-state index in [1.165, 1.54) is 18.9 Å². The highest BCUT2D eigenvalue weighted by molar-refractivity contribution is 7.98. The molecule has 0 saturated carbocycles. The Morgan fingerprint density at radius 3 is 2.55 bits per heavy atom. The van der Waals surface area contributed by atoms with Gasteiger partial charge in [0, 0.05) is 35.4 Å². The number of thioether (sulfide) groups is 1. The molecule has 0 spiro atoms. The van der Waals surface area contributed by atoms with Crippen molar-refractivity contribution in [1.82, 2.24) is 9.97 Å². The summed E-state index contributed by atoms with van der Waals surface area (Å²) in [5.74, 6) is 1.16. The minimum atomic E-state index is -0.858. The van der Waals surface area contributed by atoms with E-state index in [1.807, 2.05) is 0 Å². The molecule has 110 valence electrons. The summed E-state index contributed by atoms with van der Waals surface area (Å²) in [5, 5.41) is 11.7. The third-order valence-corrected chi connectivity index (χ3v) is 4.67. The number of nitrogens with zero attached hydrogens (tertiary/aromatic N) is 4. The van der Waals surface area contributed by atoms with Crippen LogP contribution in [0.5, 0.6) is 5.88 Å². The van der Waals surface area contributed by atoms with E-state index in [1.54, 1.807) is 11.2 Å². The van der Waals surface area contributed by atoms with Crippen molar-refractivity contribution in [3.05, 3.63) is 10.1 Å². The number of hydrogen-bond acceptors (Lipinski definition) is 8. The van der Waals surface area contributed by atoms with E-state index < -0.39 is 15.7 Å². The fourth-order valence-electron chi connectivity index (χ4n) is 1.87. The van der Waals surface area contributed by atoms with Gasteiger partial charge in [-0.25, -0.2) is 0 Å². The van der Waals surface area contributed by atoms with Crippen molar-refractivity contribution in [3.63, 3.8) is 0 Å². The third kappa shape index (κ3) is 3.01. The second kappa shape index (κ2) is 6.35. The molecule has 0 amide bonds. The van der Waals surface area contributed by atoms with Crippen LogP contribution in [-0.2, 0) is 10.8 Å². The second-order valence-electron chi connectivity index (χ2n) is 3.98. The van der Waals surface area contributed by atoms with E-state index in [0.29, 0.717) is 29.8 Å². The van der Waals surface area contributed by atoms with Gasteiger partial charge in [-0.05, 0) is 6.26 Å². The molecule has 0 unspecified atom stereocenters. The molecule has 2 rings (SSSR count). The summed E-state index contributed by atoms with van der Waals surface area (Å²) < 4.78 is 16.4. The molecule has 1 fully saturated rings. The zero-order valence-corrected chi connectivity index (χ0v) is 12.7. The predicted molar refractivity (Wildman–Crippen MR) is 77.1 cm³/mol. The monoisotopic (exact) mass is 318 g/mol. The smallest absolute Gasteiger partial charge is 0.373 e. The second-order valence-corrected chi connectivity index (χ2v) is 6.45. The Hall–Kier alpha value is -1.42. The maximum Gasteiger partial charge on any atom is 0.373 e. The highest BCUT2D eigenvalue weighted by Gasteiger charge is 2.31. The van der Waals surface area contributed by atoms with Crippen LogP contribution in [0.4, 0.5) is 11.5 Å². The number of methoxy groups -OCH3 is 1. The molecule has 20 heavy (non-hydrogen) atoms. The molecule has 0 atom stereocenters. The number of ether oxygens (including phenoxy) is 1. The molecule has 1 aromatic rings. The minimum absolute atomic E-state index is 0.0453. The van der Waals surface area contributed by atoms with Gasteiger partial charge in [0.1, 0.15) is 0 Å². The van der Waals surface area contributed by atoms with Crippen LogP contribution in [0.2, 0.25) is 0 Å². The maximum atomic E-state index is 11.4. The Bertz CT molecular complexity index is 544. The number of hydrogen-bond donors (Lipinski definition) is 0. The molecular weight excluding hydrogens is 304 g/mol. The average Bonchev–Trinajstić information content (AvgIpc) is 2.46. The van der Waals surface area contributed by atoms with Crippen molar-refractivity contribution in [2.24, 2.45) is 0 Å². The van der Waals surface area contributed by atoms with Crippen LogP contribution in [0.1, 0.15) is 0 Å². The number of rotatable bonds is 4. The van der Waals surface area contributed by atoms with Gasteiger partial charge >= 0.3 is 11.6 Å². The Labute approximate surface area is 122 Å². The van der Waals surface area contributed by atoms with Gasteiger partial charge in [0.25, 0.3) is 0 Å². The van der Waals surface area contributed by atoms with E-state index in [9.17, 15) is 14.3 Å². The molecule has 1 aliphatic heterocycles. The molecule has 0 aliphatic carbocycles. The molecule has 0 bridgehead atoms. The van der Waals surface area contributed by atoms with Gasteiger partial charge in [-0.1, -0.05) is 11.8 Å². The molecule has 1 saturated heterocycles. The zero-order valence-electron chi connectivity index (χ0n) is 11.1. The quantitative estimate of drug-likeness (QED) is 0.346. The van der Waals surface area contributed by atoms with E-state index in [-0.39, 0.29) is 17.4 Å². The molecule has 0 aromatic carbocycles. The van der Waals surface area contributed by atoms with Gasteiger partial charge in [0.15, 0.2) is 5.16 Å². The fourth-order valence-corrected chi connectivity index (χ4v) is 3.27. The number of nitro groups is 1. The summed E-state index contributed by atoms with van der Waals surface area (Å²) in [5.41, 5.74) is -0.238. The SMILES string of the molecule is COc1nc(SC)nc(N2CCS(=O)CC2)c1[N+](=O)[O-]. The normalized spacial score (nSPS) is 16.2. The topological polar surface area (TPSA) is 98.5 Å². The Morgan fingerprint density at radius 2 is 2.05 bits per heavy atom. The summed E-state index contributed by atoms with van der Waals surface area (Å²) in [6.45, 7) is 0.947. The van der Waals surface area contributed by atoms with Crippen LogP contribution in [0.25, 0.3) is 0 Å². The standard InChI is InChI=1S/C10H14N4O4S2/c1-18-9-7(14(15)16)8(11-10(12-9)19-2)13-3-5-20(17)6-4-13/h3-6H2,1-2H3. The summed E-state index contributed by atoms with van der Waals surface area (Å²) >= 11 is 1.29. The molecule has 0 radical (unpaired) electrons. The fraction of sp³-hybridized carbons (Fsp3) is 0.600. The van der Waals surface area contributed by atoms with Gasteiger partial charge in [-0.15, -0.1) is 0 Å². The lowest BCUT2D eigenvalue weighted by Crippen LogP contribution is -2.38. The summed E-state index contributed by atoms with van der Waals surface area (Å²) in [6, 6.07) is 0. The first kappa shape index (κ1) is 15.0. The van der Waals surface area contributed by atoms with Crippen molar-refractivity contribution < 1.29 is 13.9 Å². The molecular formula is C10H14N4O4S2. The Balaban J connectivity index is 2.48. The highest BCUT2D eigenvalue weighted by atomic mass is 32.2. The van der Waals surface area contributed by atoms with Crippen LogP contribution in [-0.4, -0.2) is 57.1 Å². The van der Waals surface area contributed by atoms with Crippen molar-refractivity contribution in [2.75, 3.05) is 42.9 Å². The summed E-state index contributed by atoms with van der Waals surface area (Å²) in [6.07, 6.45) is 1.79. The van der Waals surface area contributed by atoms with Gasteiger partial charge in [0.2, 0.25) is 5.82 Å². The van der Waals surface area contributed by atoms with Crippen LogP contribution in [0.15, 0.2) is 5.16 Å². The largest absolute Gasteiger partial charge is 0.476 e. The lowest BCUT2D eigenvalue weighted by molar-refractivity contribution is -0.385. The Kier molecular flexibility index (Phi) is 4.76. The van der Waals surface area contributed by atoms with Crippen LogP contribution in [0, 0.1) is 10.1 Å². The third-order valence-electron chi connectivity index (χ3n) is 2.85. The summed E-state index contributed by atoms with van der Waals surface area (Å²) in [4.78, 5) is 20.7. The molecule has 2 heterocycles. The minimum Gasteiger partial charge on any atom is -0.476 e. The van der Waals surface area contributed by atoms with Crippen LogP contribution >= 0.6 is 11.8 Å². The van der Waals surface area contributed by atoms with Crippen molar-refractivity contribution >= 4 is 34.1 Å². The molecule has 0 N–H and O–H groups in total. The van der Waals surface area contributed by atoms with Crippen molar-refractivity contribution in [1.29, 1.82) is 0 Å². The van der Waals surface area contributed by atoms with E-state index in [0.717, 1.165) is 0 Å². The maximum absolute atomic E-state index is 11.4. The van der Waals surface area contributed by atoms with Crippen LogP contribution in [0.3, 0.4) is 0 Å². The number of aromatic nitrogens is 2. The Morgan fingerprint density at radius 1 is 1.40 bits per heavy atom. The van der Waals surface area contributed by atoms with Gasteiger partial charge < -0.3 is 9.64 Å². The van der Waals surface area contributed by atoms with Crippen molar-refractivity contribution in [2.45, 2.75) is 5.16 Å². The molecule has 10 heteroatoms. The van der Waals surface area contributed by atoms with Gasteiger partial charge in [-0.3, -0.25) is 14.3 Å². The van der Waals surface area contributed by atoms with E-state index in [4.69, 9.17) is 4.74 Å². The zero-order chi connectivity index (χ0) is 14.7. The van der Waals surface area contributed by atoms with Crippen LogP contribution < -0.4 is 9.64 Å². The summed E-state index contributed by atoms with van der Waals surface area (Å²) in [7, 11) is 0.484. The molecule has 8 nitrogen and oxygen atoms in total. The van der Waals surface area contributed by atoms with E-state index >= 15 is 0 Å². The molecule has 1 aliphatic rings. The first-order valence-corrected chi connectivity index (χ1v) is 8.52. The van der Waals surface area contributed by atoms with Gasteiger partial charge in [0.05, 0.1) is 12.0 Å². The first-order chi connectivity index (χ1) is 9.56. The molecule has 1 aromatic heterocycles. The predicted octanol–water partition coefficient (Wildman–Crippen LogP) is 0.684. The van der Waals surface area contributed by atoms with Gasteiger partial charge in [-0.2, -0.15) is 9.97 Å². The first-order valence-electron chi connectivity index (χ1n) is 5.81. The lowest BCUT2D eigenvalue weighted by Gasteiger charge is -2.27. The number of anilines is 1. The average molecular weight is 318 g/mol. The highest BCUT2D eigenvalue weighted by Crippen LogP contribution is 2.36.